The van der Waals surface area contributed by atoms with E-state index in [0.717, 1.165) is 28.7 Å². The highest BCUT2D eigenvalue weighted by Crippen LogP contribution is 2.43. The van der Waals surface area contributed by atoms with Gasteiger partial charge in [-0.05, 0) is 47.9 Å². The molecule has 186 valence electrons. The molecule has 0 aromatic heterocycles. The lowest BCUT2D eigenvalue weighted by Crippen LogP contribution is -2.42. The SMILES string of the molecule is CCC(C)C(C)NC(=O)C(Cc1ccc(-c2ccccc2)cc1)CP(=O)(O)CCc1ccccc1. The van der Waals surface area contributed by atoms with Gasteiger partial charge in [-0.25, -0.2) is 0 Å². The van der Waals surface area contributed by atoms with Crippen LogP contribution in [0.25, 0.3) is 11.1 Å². The Kier molecular flexibility index (Phi) is 9.89. The highest BCUT2D eigenvalue weighted by molar-refractivity contribution is 7.58. The van der Waals surface area contributed by atoms with Crippen LogP contribution in [0.1, 0.15) is 38.3 Å². The van der Waals surface area contributed by atoms with E-state index < -0.39 is 13.3 Å². The average molecular weight is 492 g/mol. The predicted octanol–water partition coefficient (Wildman–Crippen LogP) is 6.58. The van der Waals surface area contributed by atoms with Gasteiger partial charge in [0.05, 0.1) is 5.92 Å². The molecule has 1 amide bonds. The number of rotatable bonds is 12. The molecule has 0 aliphatic rings. The number of nitrogens with one attached hydrogen (secondary N) is 1. The largest absolute Gasteiger partial charge is 0.353 e. The van der Waals surface area contributed by atoms with Gasteiger partial charge < -0.3 is 10.2 Å². The van der Waals surface area contributed by atoms with Crippen molar-refractivity contribution in [3.05, 3.63) is 96.1 Å². The van der Waals surface area contributed by atoms with E-state index in [1.165, 1.54) is 0 Å². The van der Waals surface area contributed by atoms with Crippen molar-refractivity contribution in [2.75, 3.05) is 12.3 Å². The molecule has 5 heteroatoms. The first kappa shape index (κ1) is 26.9. The van der Waals surface area contributed by atoms with E-state index in [-0.39, 0.29) is 24.3 Å². The molecule has 0 spiro atoms. The Morgan fingerprint density at radius 2 is 1.43 bits per heavy atom. The summed E-state index contributed by atoms with van der Waals surface area (Å²) in [5.41, 5.74) is 4.27. The molecule has 0 saturated carbocycles. The third-order valence-electron chi connectivity index (χ3n) is 6.88. The Morgan fingerprint density at radius 1 is 0.857 bits per heavy atom. The van der Waals surface area contributed by atoms with Gasteiger partial charge in [0.2, 0.25) is 13.3 Å². The molecule has 35 heavy (non-hydrogen) atoms. The molecule has 0 radical (unpaired) electrons. The highest BCUT2D eigenvalue weighted by atomic mass is 31.2. The first-order valence-electron chi connectivity index (χ1n) is 12.6. The quantitative estimate of drug-likeness (QED) is 0.281. The molecule has 0 bridgehead atoms. The maximum Gasteiger partial charge on any atom is 0.224 e. The maximum atomic E-state index is 13.3. The van der Waals surface area contributed by atoms with Crippen molar-refractivity contribution in [1.29, 1.82) is 0 Å². The Hall–Kier alpha value is -2.68. The second-order valence-corrected chi connectivity index (χ2v) is 12.1. The topological polar surface area (TPSA) is 66.4 Å². The number of amides is 1. The summed E-state index contributed by atoms with van der Waals surface area (Å²) < 4.78 is 13.2. The second-order valence-electron chi connectivity index (χ2n) is 9.63. The fourth-order valence-electron chi connectivity index (χ4n) is 4.21. The smallest absolute Gasteiger partial charge is 0.224 e. The fraction of sp³-hybridized carbons (Fsp3) is 0.367. The van der Waals surface area contributed by atoms with Gasteiger partial charge in [-0.2, -0.15) is 0 Å². The molecular weight excluding hydrogens is 453 g/mol. The van der Waals surface area contributed by atoms with Crippen LogP contribution < -0.4 is 5.32 Å². The molecule has 0 saturated heterocycles. The van der Waals surface area contributed by atoms with Crippen LogP contribution in [-0.4, -0.2) is 29.2 Å². The molecule has 3 aromatic rings. The molecule has 0 aliphatic heterocycles. The Balaban J connectivity index is 1.74. The number of benzene rings is 3. The van der Waals surface area contributed by atoms with Gasteiger partial charge in [0.1, 0.15) is 0 Å². The monoisotopic (exact) mass is 491 g/mol. The number of carbonyl (C=O) groups is 1. The van der Waals surface area contributed by atoms with Crippen molar-refractivity contribution in [3.8, 4) is 11.1 Å². The van der Waals surface area contributed by atoms with Crippen molar-refractivity contribution in [1.82, 2.24) is 5.32 Å². The van der Waals surface area contributed by atoms with Crippen LogP contribution >= 0.6 is 7.37 Å². The third kappa shape index (κ3) is 8.49. The van der Waals surface area contributed by atoms with Crippen molar-refractivity contribution in [2.24, 2.45) is 11.8 Å². The van der Waals surface area contributed by atoms with Crippen LogP contribution in [0.3, 0.4) is 0 Å². The zero-order valence-electron chi connectivity index (χ0n) is 21.1. The Bertz CT molecular complexity index is 1100. The summed E-state index contributed by atoms with van der Waals surface area (Å²) in [7, 11) is -3.50. The zero-order valence-corrected chi connectivity index (χ0v) is 22.0. The average Bonchev–Trinajstić information content (AvgIpc) is 2.88. The van der Waals surface area contributed by atoms with Gasteiger partial charge in [0.25, 0.3) is 0 Å². The van der Waals surface area contributed by atoms with E-state index in [1.54, 1.807) is 0 Å². The van der Waals surface area contributed by atoms with Crippen LogP contribution in [0.15, 0.2) is 84.9 Å². The summed E-state index contributed by atoms with van der Waals surface area (Å²) in [5.74, 6) is -0.363. The first-order valence-corrected chi connectivity index (χ1v) is 14.6. The number of carbonyl (C=O) groups excluding carboxylic acids is 1. The first-order chi connectivity index (χ1) is 16.8. The zero-order chi connectivity index (χ0) is 25.3. The van der Waals surface area contributed by atoms with Crippen LogP contribution in [-0.2, 0) is 22.2 Å². The van der Waals surface area contributed by atoms with Crippen LogP contribution in [0.2, 0.25) is 0 Å². The van der Waals surface area contributed by atoms with Gasteiger partial charge in [0.15, 0.2) is 0 Å². The van der Waals surface area contributed by atoms with Crippen LogP contribution in [0.4, 0.5) is 0 Å². The molecule has 4 nitrogen and oxygen atoms in total. The van der Waals surface area contributed by atoms with E-state index in [1.807, 2.05) is 67.6 Å². The summed E-state index contributed by atoms with van der Waals surface area (Å²) in [4.78, 5) is 24.1. The normalized spacial score (nSPS) is 15.5. The molecule has 3 aromatic carbocycles. The minimum absolute atomic E-state index is 0.0119. The van der Waals surface area contributed by atoms with Crippen molar-refractivity contribution < 1.29 is 14.3 Å². The van der Waals surface area contributed by atoms with Gasteiger partial charge >= 0.3 is 0 Å². The lowest BCUT2D eigenvalue weighted by molar-refractivity contribution is -0.125. The van der Waals surface area contributed by atoms with Gasteiger partial charge in [-0.15, -0.1) is 0 Å². The van der Waals surface area contributed by atoms with Gasteiger partial charge in [-0.1, -0.05) is 105 Å². The highest BCUT2D eigenvalue weighted by Gasteiger charge is 2.30. The predicted molar refractivity (Wildman–Crippen MR) is 146 cm³/mol. The van der Waals surface area contributed by atoms with E-state index in [9.17, 15) is 14.3 Å². The van der Waals surface area contributed by atoms with Crippen LogP contribution in [0.5, 0.6) is 0 Å². The van der Waals surface area contributed by atoms with Crippen LogP contribution in [0, 0.1) is 11.8 Å². The lowest BCUT2D eigenvalue weighted by Gasteiger charge is -2.25. The molecule has 0 fully saturated rings. The van der Waals surface area contributed by atoms with E-state index in [4.69, 9.17) is 0 Å². The van der Waals surface area contributed by atoms with Crippen molar-refractivity contribution >= 4 is 13.3 Å². The molecule has 4 atom stereocenters. The minimum Gasteiger partial charge on any atom is -0.353 e. The molecule has 2 N–H and O–H groups in total. The molecule has 0 heterocycles. The van der Waals surface area contributed by atoms with E-state index >= 15 is 0 Å². The standard InChI is InChI=1S/C30H38NO3P/c1-4-23(2)24(3)31-30(32)29(22-35(33,34)20-19-25-11-7-5-8-12-25)21-26-15-17-28(18-16-26)27-13-9-6-10-14-27/h5-18,23-24,29H,4,19-22H2,1-3H3,(H,31,32)(H,33,34). The van der Waals surface area contributed by atoms with Gasteiger partial charge in [-0.3, -0.25) is 9.36 Å². The molecular formula is C30H38NO3P. The maximum absolute atomic E-state index is 13.3. The summed E-state index contributed by atoms with van der Waals surface area (Å²) in [6.45, 7) is 6.22. The summed E-state index contributed by atoms with van der Waals surface area (Å²) in [6.07, 6.45) is 2.08. The molecule has 0 aliphatic carbocycles. The lowest BCUT2D eigenvalue weighted by atomic mass is 9.96. The second kappa shape index (κ2) is 12.9. The van der Waals surface area contributed by atoms with E-state index in [0.29, 0.717) is 18.8 Å². The minimum atomic E-state index is -3.50. The van der Waals surface area contributed by atoms with Crippen molar-refractivity contribution in [3.63, 3.8) is 0 Å². The number of aryl methyl sites for hydroxylation is 1. The molecule has 4 unspecified atom stereocenters. The summed E-state index contributed by atoms with van der Waals surface area (Å²) in [6, 6.07) is 28.0. The molecule has 3 rings (SSSR count). The number of hydrogen-bond donors (Lipinski definition) is 2. The Labute approximate surface area is 210 Å². The third-order valence-corrected chi connectivity index (χ3v) is 8.81. The number of hydrogen-bond acceptors (Lipinski definition) is 2. The summed E-state index contributed by atoms with van der Waals surface area (Å²) in [5, 5.41) is 3.11. The van der Waals surface area contributed by atoms with E-state index in [2.05, 4.69) is 43.4 Å². The Morgan fingerprint density at radius 3 is 2.03 bits per heavy atom. The van der Waals surface area contributed by atoms with Gasteiger partial charge in [0, 0.05) is 18.4 Å². The van der Waals surface area contributed by atoms with Crippen molar-refractivity contribution in [2.45, 2.75) is 46.1 Å². The summed E-state index contributed by atoms with van der Waals surface area (Å²) >= 11 is 0. The fourth-order valence-corrected chi connectivity index (χ4v) is 5.98.